The molecule has 0 spiro atoms. The van der Waals surface area contributed by atoms with Crippen molar-refractivity contribution in [3.8, 4) is 5.75 Å². The average molecular weight is 298 g/mol. The average Bonchev–Trinajstić information content (AvgIpc) is 2.55. The molecule has 0 atom stereocenters. The van der Waals surface area contributed by atoms with E-state index in [0.717, 1.165) is 0 Å². The number of hydrazone groups is 1. The number of nitrogens with one attached hydrogen (secondary N) is 1. The normalized spacial score (nSPS) is 10.4. The monoisotopic (exact) mass is 298 g/mol. The Labute approximate surface area is 127 Å². The zero-order valence-corrected chi connectivity index (χ0v) is 11.8. The Bertz CT molecular complexity index is 711. The SMILES string of the molecule is COc1ccc(/C=N\NC(=O)c2ccccc2)cc1C(=O)O. The van der Waals surface area contributed by atoms with Crippen LogP contribution in [0.25, 0.3) is 0 Å². The third kappa shape index (κ3) is 3.69. The van der Waals surface area contributed by atoms with Gasteiger partial charge in [0.2, 0.25) is 0 Å². The Morgan fingerprint density at radius 3 is 2.55 bits per heavy atom. The molecule has 0 saturated carbocycles. The van der Waals surface area contributed by atoms with Crippen LogP contribution in [0.1, 0.15) is 26.3 Å². The third-order valence-electron chi connectivity index (χ3n) is 2.87. The summed E-state index contributed by atoms with van der Waals surface area (Å²) in [5.41, 5.74) is 3.43. The molecule has 2 aromatic rings. The number of ether oxygens (including phenoxy) is 1. The van der Waals surface area contributed by atoms with Crippen LogP contribution in [0.5, 0.6) is 5.75 Å². The molecule has 22 heavy (non-hydrogen) atoms. The molecule has 2 rings (SSSR count). The standard InChI is InChI=1S/C16H14N2O4/c1-22-14-8-7-11(9-13(14)16(20)21)10-17-18-15(19)12-5-3-2-4-6-12/h2-10H,1H3,(H,18,19)(H,20,21)/b17-10-. The number of carboxylic acids is 1. The number of carboxylic acid groups (broad SMARTS) is 1. The molecule has 6 nitrogen and oxygen atoms in total. The Balaban J connectivity index is 2.09. The highest BCUT2D eigenvalue weighted by atomic mass is 16.5. The number of methoxy groups -OCH3 is 1. The summed E-state index contributed by atoms with van der Waals surface area (Å²) in [7, 11) is 1.40. The molecule has 2 aromatic carbocycles. The summed E-state index contributed by atoms with van der Waals surface area (Å²) in [5.74, 6) is -1.18. The van der Waals surface area contributed by atoms with Crippen molar-refractivity contribution in [3.63, 3.8) is 0 Å². The molecule has 0 fully saturated rings. The van der Waals surface area contributed by atoms with E-state index in [-0.39, 0.29) is 17.2 Å². The van der Waals surface area contributed by atoms with Gasteiger partial charge in [-0.25, -0.2) is 10.2 Å². The summed E-state index contributed by atoms with van der Waals surface area (Å²) in [6.07, 6.45) is 1.37. The molecule has 6 heteroatoms. The predicted octanol–water partition coefficient (Wildman–Crippen LogP) is 2.16. The Hall–Kier alpha value is -3.15. The molecule has 0 aliphatic rings. The summed E-state index contributed by atoms with van der Waals surface area (Å²) in [5, 5.41) is 12.9. The van der Waals surface area contributed by atoms with Crippen molar-refractivity contribution >= 4 is 18.1 Å². The minimum atomic E-state index is -1.10. The second kappa shape index (κ2) is 7.03. The highest BCUT2D eigenvalue weighted by molar-refractivity contribution is 5.96. The van der Waals surface area contributed by atoms with E-state index in [1.54, 1.807) is 30.3 Å². The number of amides is 1. The first-order chi connectivity index (χ1) is 10.6. The van der Waals surface area contributed by atoms with Crippen LogP contribution in [0, 0.1) is 0 Å². The van der Waals surface area contributed by atoms with Crippen molar-refractivity contribution < 1.29 is 19.4 Å². The molecule has 0 aliphatic carbocycles. The molecule has 0 saturated heterocycles. The third-order valence-corrected chi connectivity index (χ3v) is 2.87. The van der Waals surface area contributed by atoms with E-state index in [9.17, 15) is 9.59 Å². The van der Waals surface area contributed by atoms with Gasteiger partial charge in [0.25, 0.3) is 5.91 Å². The number of carbonyl (C=O) groups excluding carboxylic acids is 1. The molecular formula is C16H14N2O4. The van der Waals surface area contributed by atoms with Gasteiger partial charge in [-0.05, 0) is 35.9 Å². The van der Waals surface area contributed by atoms with E-state index in [4.69, 9.17) is 9.84 Å². The van der Waals surface area contributed by atoms with Gasteiger partial charge in [0, 0.05) is 5.56 Å². The highest BCUT2D eigenvalue weighted by Crippen LogP contribution is 2.19. The van der Waals surface area contributed by atoms with Gasteiger partial charge in [0.1, 0.15) is 11.3 Å². The minimum Gasteiger partial charge on any atom is -0.496 e. The second-order valence-corrected chi connectivity index (χ2v) is 4.33. The van der Waals surface area contributed by atoms with Crippen LogP contribution in [0.2, 0.25) is 0 Å². The number of carbonyl (C=O) groups is 2. The molecular weight excluding hydrogens is 284 g/mol. The summed E-state index contributed by atoms with van der Waals surface area (Å²) in [6, 6.07) is 13.2. The number of rotatable bonds is 5. The van der Waals surface area contributed by atoms with E-state index in [0.29, 0.717) is 11.1 Å². The van der Waals surface area contributed by atoms with Crippen LogP contribution in [0.15, 0.2) is 53.6 Å². The number of hydrogen-bond acceptors (Lipinski definition) is 4. The number of aromatic carboxylic acids is 1. The van der Waals surface area contributed by atoms with Gasteiger partial charge in [-0.3, -0.25) is 4.79 Å². The topological polar surface area (TPSA) is 88.0 Å². The zero-order chi connectivity index (χ0) is 15.9. The quantitative estimate of drug-likeness (QED) is 0.654. The first-order valence-corrected chi connectivity index (χ1v) is 6.41. The molecule has 112 valence electrons. The Kier molecular flexibility index (Phi) is 4.87. The molecule has 0 aromatic heterocycles. The summed E-state index contributed by atoms with van der Waals surface area (Å²) in [6.45, 7) is 0. The Morgan fingerprint density at radius 1 is 1.18 bits per heavy atom. The van der Waals surface area contributed by atoms with E-state index in [1.165, 1.54) is 25.5 Å². The molecule has 0 bridgehead atoms. The van der Waals surface area contributed by atoms with Gasteiger partial charge in [-0.1, -0.05) is 18.2 Å². The highest BCUT2D eigenvalue weighted by Gasteiger charge is 2.10. The van der Waals surface area contributed by atoms with E-state index in [2.05, 4.69) is 10.5 Å². The summed E-state index contributed by atoms with van der Waals surface area (Å²) >= 11 is 0. The lowest BCUT2D eigenvalue weighted by Gasteiger charge is -2.05. The largest absolute Gasteiger partial charge is 0.496 e. The van der Waals surface area contributed by atoms with Crippen LogP contribution in [0.3, 0.4) is 0 Å². The molecule has 0 aliphatic heterocycles. The molecule has 0 heterocycles. The van der Waals surface area contributed by atoms with Crippen molar-refractivity contribution in [1.29, 1.82) is 0 Å². The second-order valence-electron chi connectivity index (χ2n) is 4.33. The van der Waals surface area contributed by atoms with Gasteiger partial charge in [0.05, 0.1) is 13.3 Å². The molecule has 0 radical (unpaired) electrons. The fourth-order valence-electron chi connectivity index (χ4n) is 1.79. The lowest BCUT2D eigenvalue weighted by molar-refractivity contribution is 0.0693. The van der Waals surface area contributed by atoms with E-state index < -0.39 is 5.97 Å². The lowest BCUT2D eigenvalue weighted by atomic mass is 10.1. The smallest absolute Gasteiger partial charge is 0.339 e. The maximum atomic E-state index is 11.8. The van der Waals surface area contributed by atoms with Gasteiger partial charge >= 0.3 is 5.97 Å². The van der Waals surface area contributed by atoms with Gasteiger partial charge in [-0.2, -0.15) is 5.10 Å². The number of hydrogen-bond donors (Lipinski definition) is 2. The summed E-state index contributed by atoms with van der Waals surface area (Å²) < 4.78 is 4.97. The van der Waals surface area contributed by atoms with Crippen LogP contribution in [-0.4, -0.2) is 30.3 Å². The lowest BCUT2D eigenvalue weighted by Crippen LogP contribution is -2.17. The van der Waals surface area contributed by atoms with Crippen LogP contribution in [0.4, 0.5) is 0 Å². The Morgan fingerprint density at radius 2 is 1.91 bits per heavy atom. The summed E-state index contributed by atoms with van der Waals surface area (Å²) in [4.78, 5) is 22.9. The van der Waals surface area contributed by atoms with Gasteiger partial charge in [0.15, 0.2) is 0 Å². The van der Waals surface area contributed by atoms with E-state index in [1.807, 2.05) is 6.07 Å². The first-order valence-electron chi connectivity index (χ1n) is 6.41. The van der Waals surface area contributed by atoms with Crippen molar-refractivity contribution in [1.82, 2.24) is 5.43 Å². The number of benzene rings is 2. The molecule has 1 amide bonds. The minimum absolute atomic E-state index is 0.0286. The van der Waals surface area contributed by atoms with Crippen molar-refractivity contribution in [3.05, 3.63) is 65.2 Å². The van der Waals surface area contributed by atoms with Crippen LogP contribution in [-0.2, 0) is 0 Å². The van der Waals surface area contributed by atoms with Crippen LogP contribution < -0.4 is 10.2 Å². The van der Waals surface area contributed by atoms with Crippen molar-refractivity contribution in [2.75, 3.05) is 7.11 Å². The molecule has 0 unspecified atom stereocenters. The van der Waals surface area contributed by atoms with E-state index >= 15 is 0 Å². The van der Waals surface area contributed by atoms with Crippen molar-refractivity contribution in [2.24, 2.45) is 5.10 Å². The maximum absolute atomic E-state index is 11.8. The predicted molar refractivity (Wildman–Crippen MR) is 81.5 cm³/mol. The van der Waals surface area contributed by atoms with Crippen LogP contribution >= 0.6 is 0 Å². The fraction of sp³-hybridized carbons (Fsp3) is 0.0625. The van der Waals surface area contributed by atoms with Crippen molar-refractivity contribution in [2.45, 2.75) is 0 Å². The molecule has 2 N–H and O–H groups in total. The zero-order valence-electron chi connectivity index (χ0n) is 11.8. The van der Waals surface area contributed by atoms with Gasteiger partial charge < -0.3 is 9.84 Å². The first kappa shape index (κ1) is 15.2. The maximum Gasteiger partial charge on any atom is 0.339 e. The fourth-order valence-corrected chi connectivity index (χ4v) is 1.79. The van der Waals surface area contributed by atoms with Gasteiger partial charge in [-0.15, -0.1) is 0 Å². The number of nitrogens with zero attached hydrogens (tertiary/aromatic N) is 1.